The van der Waals surface area contributed by atoms with Crippen LogP contribution in [0.1, 0.15) is 22.8 Å². The van der Waals surface area contributed by atoms with Crippen molar-refractivity contribution in [3.8, 4) is 5.75 Å². The number of ether oxygens (including phenoxy) is 1. The second-order valence-corrected chi connectivity index (χ2v) is 5.39. The largest absolute Gasteiger partial charge is 0.435 e. The van der Waals surface area contributed by atoms with Crippen molar-refractivity contribution >= 4 is 28.9 Å². The topological polar surface area (TPSA) is 62.4 Å². The van der Waals surface area contributed by atoms with Gasteiger partial charge >= 0.3 is 6.61 Å². The molecule has 0 fully saturated rings. The Bertz CT molecular complexity index is 722. The Morgan fingerprint density at radius 3 is 2.28 bits per heavy atom. The van der Waals surface area contributed by atoms with Crippen LogP contribution in [0.25, 0.3) is 0 Å². The molecule has 0 spiro atoms. The standard InChI is InChI=1S/C17H17F2N3O2S/c1-2-11-3-5-12(6-4-11)15(23)21-22-17(25)20-13-7-9-14(10-8-13)24-16(18)19/h3-10,16H,2H2,1H3,(H,21,23)(H2,20,22,25). The molecule has 5 nitrogen and oxygen atoms in total. The summed E-state index contributed by atoms with van der Waals surface area (Å²) in [5.74, 6) is -0.282. The second-order valence-electron chi connectivity index (χ2n) is 4.99. The van der Waals surface area contributed by atoms with E-state index in [9.17, 15) is 13.6 Å². The fourth-order valence-corrected chi connectivity index (χ4v) is 2.13. The first-order valence-corrected chi connectivity index (χ1v) is 7.90. The van der Waals surface area contributed by atoms with Crippen molar-refractivity contribution in [2.75, 3.05) is 5.32 Å². The highest BCUT2D eigenvalue weighted by Crippen LogP contribution is 2.17. The number of rotatable bonds is 5. The molecule has 2 rings (SSSR count). The van der Waals surface area contributed by atoms with Gasteiger partial charge in [-0.15, -0.1) is 0 Å². The minimum atomic E-state index is -2.87. The number of halogens is 2. The summed E-state index contributed by atoms with van der Waals surface area (Å²) in [6, 6.07) is 13.0. The lowest BCUT2D eigenvalue weighted by Crippen LogP contribution is -2.43. The number of nitrogens with one attached hydrogen (secondary N) is 3. The van der Waals surface area contributed by atoms with Gasteiger partial charge in [0.05, 0.1) is 0 Å². The van der Waals surface area contributed by atoms with Crippen LogP contribution in [0.15, 0.2) is 48.5 Å². The van der Waals surface area contributed by atoms with Crippen molar-refractivity contribution < 1.29 is 18.3 Å². The minimum Gasteiger partial charge on any atom is -0.435 e. The van der Waals surface area contributed by atoms with Gasteiger partial charge in [0, 0.05) is 11.3 Å². The van der Waals surface area contributed by atoms with Crippen LogP contribution in [0.4, 0.5) is 14.5 Å². The SMILES string of the molecule is CCc1ccc(C(=O)NNC(=S)Nc2ccc(OC(F)F)cc2)cc1. The van der Waals surface area contributed by atoms with E-state index in [1.807, 2.05) is 19.1 Å². The van der Waals surface area contributed by atoms with Crippen molar-refractivity contribution in [2.45, 2.75) is 20.0 Å². The Morgan fingerprint density at radius 1 is 1.08 bits per heavy atom. The molecule has 0 aliphatic rings. The quantitative estimate of drug-likeness (QED) is 0.559. The smallest absolute Gasteiger partial charge is 0.387 e. The van der Waals surface area contributed by atoms with Crippen LogP contribution in [-0.4, -0.2) is 17.6 Å². The van der Waals surface area contributed by atoms with E-state index in [0.29, 0.717) is 11.3 Å². The molecule has 0 heterocycles. The summed E-state index contributed by atoms with van der Waals surface area (Å²) in [6.07, 6.45) is 0.898. The normalized spacial score (nSPS) is 10.2. The molecule has 0 bridgehead atoms. The lowest BCUT2D eigenvalue weighted by Gasteiger charge is -2.12. The summed E-state index contributed by atoms with van der Waals surface area (Å²) >= 11 is 5.06. The van der Waals surface area contributed by atoms with Crippen molar-refractivity contribution in [1.82, 2.24) is 10.9 Å². The van der Waals surface area contributed by atoms with Gasteiger partial charge in [-0.3, -0.25) is 15.6 Å². The summed E-state index contributed by atoms with van der Waals surface area (Å²) in [5.41, 5.74) is 7.25. The average molecular weight is 365 g/mol. The first-order valence-electron chi connectivity index (χ1n) is 7.49. The Balaban J connectivity index is 1.82. The zero-order chi connectivity index (χ0) is 18.2. The van der Waals surface area contributed by atoms with Gasteiger partial charge < -0.3 is 10.1 Å². The number of hydrazine groups is 1. The van der Waals surface area contributed by atoms with Gasteiger partial charge in [0.1, 0.15) is 5.75 Å². The van der Waals surface area contributed by atoms with Crippen LogP contribution < -0.4 is 20.9 Å². The molecular formula is C17H17F2N3O2S. The minimum absolute atomic E-state index is 0.0447. The second kappa shape index (κ2) is 8.93. The zero-order valence-corrected chi connectivity index (χ0v) is 14.2. The molecule has 0 unspecified atom stereocenters. The third-order valence-electron chi connectivity index (χ3n) is 3.25. The van der Waals surface area contributed by atoms with E-state index in [1.54, 1.807) is 12.1 Å². The highest BCUT2D eigenvalue weighted by Gasteiger charge is 2.07. The van der Waals surface area contributed by atoms with Crippen molar-refractivity contribution in [2.24, 2.45) is 0 Å². The molecule has 0 saturated carbocycles. The molecule has 0 aromatic heterocycles. The van der Waals surface area contributed by atoms with Crippen LogP contribution in [0.5, 0.6) is 5.75 Å². The molecule has 1 amide bonds. The maximum absolute atomic E-state index is 12.1. The van der Waals surface area contributed by atoms with E-state index in [2.05, 4.69) is 20.9 Å². The fraction of sp³-hybridized carbons (Fsp3) is 0.176. The molecule has 132 valence electrons. The highest BCUT2D eigenvalue weighted by molar-refractivity contribution is 7.80. The van der Waals surface area contributed by atoms with Crippen molar-refractivity contribution in [3.63, 3.8) is 0 Å². The number of alkyl halides is 2. The van der Waals surface area contributed by atoms with Crippen molar-refractivity contribution in [3.05, 3.63) is 59.7 Å². The lowest BCUT2D eigenvalue weighted by molar-refractivity contribution is -0.0498. The average Bonchev–Trinajstić information content (AvgIpc) is 2.61. The van der Waals surface area contributed by atoms with Crippen molar-refractivity contribution in [1.29, 1.82) is 0 Å². The van der Waals surface area contributed by atoms with Gasteiger partial charge in [-0.05, 0) is 60.6 Å². The third-order valence-corrected chi connectivity index (χ3v) is 3.46. The molecule has 0 aliphatic heterocycles. The Labute approximate surface area is 149 Å². The molecule has 0 saturated heterocycles. The number of anilines is 1. The Kier molecular flexibility index (Phi) is 6.64. The first-order chi connectivity index (χ1) is 12.0. The molecule has 0 atom stereocenters. The summed E-state index contributed by atoms with van der Waals surface area (Å²) < 4.78 is 28.4. The number of aryl methyl sites for hydroxylation is 1. The number of carbonyl (C=O) groups is 1. The molecule has 8 heteroatoms. The molecule has 25 heavy (non-hydrogen) atoms. The maximum Gasteiger partial charge on any atom is 0.387 e. The molecular weight excluding hydrogens is 348 g/mol. The highest BCUT2D eigenvalue weighted by atomic mass is 32.1. The number of thiocarbonyl (C=S) groups is 1. The van der Waals surface area contributed by atoms with Gasteiger partial charge in [0.25, 0.3) is 5.91 Å². The predicted octanol–water partition coefficient (Wildman–Crippen LogP) is 3.48. The lowest BCUT2D eigenvalue weighted by atomic mass is 10.1. The number of carbonyl (C=O) groups excluding carboxylic acids is 1. The van der Waals surface area contributed by atoms with E-state index in [-0.39, 0.29) is 16.8 Å². The van der Waals surface area contributed by atoms with Crippen LogP contribution >= 0.6 is 12.2 Å². The van der Waals surface area contributed by atoms with E-state index in [4.69, 9.17) is 12.2 Å². The summed E-state index contributed by atoms with van der Waals surface area (Å²) in [4.78, 5) is 12.0. The number of hydrogen-bond donors (Lipinski definition) is 3. The van der Waals surface area contributed by atoms with E-state index in [1.165, 1.54) is 24.3 Å². The van der Waals surface area contributed by atoms with E-state index < -0.39 is 6.61 Å². The van der Waals surface area contributed by atoms with E-state index in [0.717, 1.165) is 12.0 Å². The molecule has 2 aromatic carbocycles. The van der Waals surface area contributed by atoms with Gasteiger partial charge in [-0.1, -0.05) is 19.1 Å². The Hall–Kier alpha value is -2.74. The first kappa shape index (κ1) is 18.6. The van der Waals surface area contributed by atoms with Crippen LogP contribution in [0, 0.1) is 0 Å². The third kappa shape index (κ3) is 6.00. The molecule has 2 aromatic rings. The fourth-order valence-electron chi connectivity index (χ4n) is 1.96. The van der Waals surface area contributed by atoms with E-state index >= 15 is 0 Å². The Morgan fingerprint density at radius 2 is 1.72 bits per heavy atom. The maximum atomic E-state index is 12.1. The number of benzene rings is 2. The zero-order valence-electron chi connectivity index (χ0n) is 13.4. The molecule has 0 aliphatic carbocycles. The van der Waals surface area contributed by atoms with Crippen LogP contribution in [0.3, 0.4) is 0 Å². The molecule has 3 N–H and O–H groups in total. The summed E-state index contributed by atoms with van der Waals surface area (Å²) in [7, 11) is 0. The van der Waals surface area contributed by atoms with Crippen LogP contribution in [-0.2, 0) is 6.42 Å². The summed E-state index contributed by atoms with van der Waals surface area (Å²) in [6.45, 7) is -0.837. The molecule has 0 radical (unpaired) electrons. The van der Waals surface area contributed by atoms with Gasteiger partial charge in [-0.25, -0.2) is 0 Å². The predicted molar refractivity (Wildman–Crippen MR) is 95.7 cm³/mol. The van der Waals surface area contributed by atoms with Gasteiger partial charge in [0.2, 0.25) is 0 Å². The number of hydrogen-bond acceptors (Lipinski definition) is 3. The summed E-state index contributed by atoms with van der Waals surface area (Å²) in [5, 5.41) is 2.96. The monoisotopic (exact) mass is 365 g/mol. The number of amides is 1. The van der Waals surface area contributed by atoms with Crippen LogP contribution in [0.2, 0.25) is 0 Å². The van der Waals surface area contributed by atoms with Gasteiger partial charge in [-0.2, -0.15) is 8.78 Å². The van der Waals surface area contributed by atoms with Gasteiger partial charge in [0.15, 0.2) is 5.11 Å².